The molecule has 0 atom stereocenters. The zero-order chi connectivity index (χ0) is 15.4. The first-order chi connectivity index (χ1) is 10.1. The summed E-state index contributed by atoms with van der Waals surface area (Å²) in [6, 6.07) is 3.37. The highest BCUT2D eigenvalue weighted by Crippen LogP contribution is 2.40. The third-order valence-electron chi connectivity index (χ3n) is 2.67. The van der Waals surface area contributed by atoms with Gasteiger partial charge < -0.3 is 19.9 Å². The minimum atomic E-state index is -0.552. The van der Waals surface area contributed by atoms with Crippen molar-refractivity contribution in [3.05, 3.63) is 12.1 Å². The van der Waals surface area contributed by atoms with Crippen LogP contribution in [0.4, 0.5) is 0 Å². The molecule has 9 heteroatoms. The van der Waals surface area contributed by atoms with E-state index in [4.69, 9.17) is 19.9 Å². The second kappa shape index (κ2) is 6.07. The molecule has 1 amide bonds. The van der Waals surface area contributed by atoms with Gasteiger partial charge in [0.25, 0.3) is 0 Å². The molecule has 0 saturated heterocycles. The first-order valence-electron chi connectivity index (χ1n) is 5.95. The summed E-state index contributed by atoms with van der Waals surface area (Å²) >= 11 is 0. The molecule has 21 heavy (non-hydrogen) atoms. The van der Waals surface area contributed by atoms with Gasteiger partial charge in [0.2, 0.25) is 17.5 Å². The van der Waals surface area contributed by atoms with Gasteiger partial charge in [-0.1, -0.05) is 0 Å². The van der Waals surface area contributed by atoms with Gasteiger partial charge >= 0.3 is 0 Å². The summed E-state index contributed by atoms with van der Waals surface area (Å²) in [5.41, 5.74) is 5.69. The van der Waals surface area contributed by atoms with Crippen molar-refractivity contribution < 1.29 is 19.0 Å². The van der Waals surface area contributed by atoms with Crippen LogP contribution in [0, 0.1) is 0 Å². The summed E-state index contributed by atoms with van der Waals surface area (Å²) < 4.78 is 15.7. The van der Waals surface area contributed by atoms with Gasteiger partial charge in [-0.05, 0) is 17.3 Å². The number of methoxy groups -OCH3 is 3. The third kappa shape index (κ3) is 3.02. The van der Waals surface area contributed by atoms with E-state index in [1.54, 1.807) is 12.1 Å². The minimum absolute atomic E-state index is 0.141. The summed E-state index contributed by atoms with van der Waals surface area (Å²) in [6.07, 6.45) is 0. The number of ether oxygens (including phenoxy) is 3. The van der Waals surface area contributed by atoms with Crippen LogP contribution >= 0.6 is 0 Å². The van der Waals surface area contributed by atoms with Gasteiger partial charge in [-0.3, -0.25) is 4.79 Å². The first kappa shape index (κ1) is 14.6. The van der Waals surface area contributed by atoms with Crippen LogP contribution in [0.1, 0.15) is 0 Å². The zero-order valence-electron chi connectivity index (χ0n) is 11.9. The molecule has 112 valence electrons. The summed E-state index contributed by atoms with van der Waals surface area (Å²) in [5.74, 6) is 1.17. The average Bonchev–Trinajstić information content (AvgIpc) is 2.93. The number of benzene rings is 1. The Morgan fingerprint density at radius 3 is 2.29 bits per heavy atom. The lowest BCUT2D eigenvalue weighted by Crippen LogP contribution is -2.20. The maximum atomic E-state index is 10.8. The standard InChI is InChI=1S/C12H15N5O4/c1-19-8-4-7(5-9(20-2)11(8)21-3)12-14-16-17(15-12)6-10(13)18/h4-5H,6H2,1-3H3,(H2,13,18). The third-order valence-corrected chi connectivity index (χ3v) is 2.67. The van der Waals surface area contributed by atoms with Gasteiger partial charge in [-0.25, -0.2) is 0 Å². The van der Waals surface area contributed by atoms with Crippen molar-refractivity contribution in [1.29, 1.82) is 0 Å². The summed E-state index contributed by atoms with van der Waals surface area (Å²) in [5, 5.41) is 11.7. The van der Waals surface area contributed by atoms with Crippen molar-refractivity contribution in [3.8, 4) is 28.6 Å². The number of tetrazole rings is 1. The van der Waals surface area contributed by atoms with Crippen molar-refractivity contribution in [3.63, 3.8) is 0 Å². The fraction of sp³-hybridized carbons (Fsp3) is 0.333. The topological polar surface area (TPSA) is 114 Å². The quantitative estimate of drug-likeness (QED) is 0.787. The Labute approximate surface area is 120 Å². The molecule has 1 aromatic carbocycles. The molecule has 2 aromatic rings. The number of primary amides is 1. The number of nitrogens with two attached hydrogens (primary N) is 1. The van der Waals surface area contributed by atoms with Gasteiger partial charge in [0, 0.05) is 5.56 Å². The highest BCUT2D eigenvalue weighted by molar-refractivity contribution is 5.73. The number of carbonyl (C=O) groups excluding carboxylic acids is 1. The Hall–Kier alpha value is -2.84. The van der Waals surface area contributed by atoms with E-state index in [1.807, 2.05) is 0 Å². The molecule has 2 N–H and O–H groups in total. The molecule has 1 heterocycles. The van der Waals surface area contributed by atoms with Crippen molar-refractivity contribution in [1.82, 2.24) is 20.2 Å². The van der Waals surface area contributed by atoms with Crippen LogP contribution in [0.25, 0.3) is 11.4 Å². The van der Waals surface area contributed by atoms with E-state index < -0.39 is 5.91 Å². The average molecular weight is 293 g/mol. The highest BCUT2D eigenvalue weighted by Gasteiger charge is 2.16. The minimum Gasteiger partial charge on any atom is -0.493 e. The molecule has 0 aliphatic rings. The largest absolute Gasteiger partial charge is 0.493 e. The van der Waals surface area contributed by atoms with E-state index in [9.17, 15) is 4.79 Å². The fourth-order valence-electron chi connectivity index (χ4n) is 1.78. The van der Waals surface area contributed by atoms with Crippen LogP contribution in [0.15, 0.2) is 12.1 Å². The van der Waals surface area contributed by atoms with Crippen LogP contribution in [0.3, 0.4) is 0 Å². The van der Waals surface area contributed by atoms with Crippen LogP contribution in [0.2, 0.25) is 0 Å². The molecular weight excluding hydrogens is 278 g/mol. The molecule has 0 fully saturated rings. The number of amides is 1. The van der Waals surface area contributed by atoms with E-state index in [2.05, 4.69) is 15.4 Å². The zero-order valence-corrected chi connectivity index (χ0v) is 11.9. The van der Waals surface area contributed by atoms with Crippen molar-refractivity contribution in [2.75, 3.05) is 21.3 Å². The molecule has 0 aliphatic carbocycles. The van der Waals surface area contributed by atoms with E-state index >= 15 is 0 Å². The number of hydrogen-bond acceptors (Lipinski definition) is 7. The fourth-order valence-corrected chi connectivity index (χ4v) is 1.78. The Morgan fingerprint density at radius 1 is 1.19 bits per heavy atom. The molecule has 0 radical (unpaired) electrons. The molecule has 1 aromatic heterocycles. The highest BCUT2D eigenvalue weighted by atomic mass is 16.5. The molecule has 0 bridgehead atoms. The van der Waals surface area contributed by atoms with Gasteiger partial charge in [0.05, 0.1) is 21.3 Å². The van der Waals surface area contributed by atoms with E-state index in [1.165, 1.54) is 21.3 Å². The van der Waals surface area contributed by atoms with Crippen LogP contribution in [0.5, 0.6) is 17.2 Å². The normalized spacial score (nSPS) is 10.2. The van der Waals surface area contributed by atoms with Gasteiger partial charge in [0.1, 0.15) is 6.54 Å². The SMILES string of the molecule is COc1cc(-c2nnn(CC(N)=O)n2)cc(OC)c1OC. The second-order valence-corrected chi connectivity index (χ2v) is 4.02. The van der Waals surface area contributed by atoms with Gasteiger partial charge in [-0.15, -0.1) is 10.2 Å². The molecule has 0 unspecified atom stereocenters. The number of hydrogen-bond donors (Lipinski definition) is 1. The summed E-state index contributed by atoms with van der Waals surface area (Å²) in [4.78, 5) is 11.9. The Morgan fingerprint density at radius 2 is 1.81 bits per heavy atom. The maximum absolute atomic E-state index is 10.8. The van der Waals surface area contributed by atoms with E-state index in [0.717, 1.165) is 4.80 Å². The number of aromatic nitrogens is 4. The van der Waals surface area contributed by atoms with E-state index in [-0.39, 0.29) is 6.54 Å². The van der Waals surface area contributed by atoms with Crippen molar-refractivity contribution >= 4 is 5.91 Å². The maximum Gasteiger partial charge on any atom is 0.241 e. The van der Waals surface area contributed by atoms with Crippen LogP contribution in [-0.4, -0.2) is 47.4 Å². The van der Waals surface area contributed by atoms with Crippen LogP contribution < -0.4 is 19.9 Å². The summed E-state index contributed by atoms with van der Waals surface area (Å²) in [7, 11) is 4.54. The lowest BCUT2D eigenvalue weighted by Gasteiger charge is -2.12. The van der Waals surface area contributed by atoms with Gasteiger partial charge in [0.15, 0.2) is 11.5 Å². The predicted molar refractivity (Wildman–Crippen MR) is 72.1 cm³/mol. The van der Waals surface area contributed by atoms with Crippen LogP contribution in [-0.2, 0) is 11.3 Å². The lowest BCUT2D eigenvalue weighted by atomic mass is 10.1. The van der Waals surface area contributed by atoms with Crippen molar-refractivity contribution in [2.45, 2.75) is 6.54 Å². The number of nitrogens with zero attached hydrogens (tertiary/aromatic N) is 4. The smallest absolute Gasteiger partial charge is 0.241 e. The second-order valence-electron chi connectivity index (χ2n) is 4.02. The summed E-state index contributed by atoms with van der Waals surface area (Å²) in [6.45, 7) is -0.141. The molecule has 9 nitrogen and oxygen atoms in total. The van der Waals surface area contributed by atoms with Crippen molar-refractivity contribution in [2.24, 2.45) is 5.73 Å². The molecule has 2 rings (SSSR count). The molecule has 0 spiro atoms. The Kier molecular flexibility index (Phi) is 4.21. The number of carbonyl (C=O) groups is 1. The Balaban J connectivity index is 2.44. The monoisotopic (exact) mass is 293 g/mol. The lowest BCUT2D eigenvalue weighted by molar-refractivity contribution is -0.118. The predicted octanol–water partition coefficient (Wildman–Crippen LogP) is -0.149. The molecular formula is C12H15N5O4. The molecule has 0 saturated carbocycles. The molecule has 0 aliphatic heterocycles. The van der Waals surface area contributed by atoms with Gasteiger partial charge in [-0.2, -0.15) is 4.80 Å². The van der Waals surface area contributed by atoms with E-state index in [0.29, 0.717) is 28.6 Å². The first-order valence-corrected chi connectivity index (χ1v) is 5.95. The Bertz CT molecular complexity index is 630. The number of rotatable bonds is 6.